The van der Waals surface area contributed by atoms with Gasteiger partial charge in [-0.3, -0.25) is 4.79 Å². The number of nitrogens with zero attached hydrogens (tertiary/aromatic N) is 1. The van der Waals surface area contributed by atoms with E-state index in [1.807, 2.05) is 0 Å². The first-order valence-electron chi connectivity index (χ1n) is 8.82. The molecule has 2 fully saturated rings. The summed E-state index contributed by atoms with van der Waals surface area (Å²) in [6.07, 6.45) is 7.03. The second-order valence-electron chi connectivity index (χ2n) is 7.28. The average Bonchev–Trinajstić information content (AvgIpc) is 3.20. The van der Waals surface area contributed by atoms with Crippen LogP contribution in [0.25, 0.3) is 0 Å². The third-order valence-corrected chi connectivity index (χ3v) is 5.44. The van der Waals surface area contributed by atoms with Gasteiger partial charge in [0.15, 0.2) is 0 Å². The van der Waals surface area contributed by atoms with Crippen LogP contribution in [0, 0.1) is 11.8 Å². The molecular weight excluding hydrogens is 276 g/mol. The summed E-state index contributed by atoms with van der Waals surface area (Å²) in [6, 6.07) is 4.39. The Morgan fingerprint density at radius 2 is 2.09 bits per heavy atom. The Labute approximate surface area is 131 Å². The smallest absolute Gasteiger partial charge is 0.250 e. The molecule has 1 saturated carbocycles. The molecule has 0 unspecified atom stereocenters. The highest BCUT2D eigenvalue weighted by Gasteiger charge is 2.27. The molecular formula is C18H26N2O2. The summed E-state index contributed by atoms with van der Waals surface area (Å²) in [5, 5.41) is 3.72. The minimum absolute atomic E-state index is 0.195. The molecule has 1 aliphatic heterocycles. The maximum Gasteiger partial charge on any atom is 0.250 e. The van der Waals surface area contributed by atoms with Gasteiger partial charge in [0.1, 0.15) is 0 Å². The zero-order chi connectivity index (χ0) is 14.9. The molecule has 4 nitrogen and oxygen atoms in total. The van der Waals surface area contributed by atoms with Crippen LogP contribution in [-0.4, -0.2) is 30.4 Å². The van der Waals surface area contributed by atoms with Gasteiger partial charge in [0.2, 0.25) is 0 Å². The zero-order valence-corrected chi connectivity index (χ0v) is 13.2. The lowest BCUT2D eigenvalue weighted by Gasteiger charge is -2.28. The van der Waals surface area contributed by atoms with E-state index >= 15 is 0 Å². The van der Waals surface area contributed by atoms with E-state index in [1.165, 1.54) is 30.5 Å². The SMILES string of the molecule is O=c1ccc2c(n1CC1CC1)CC[C@H](NC[C@H]1CCOC1)C2. The molecule has 0 amide bonds. The highest BCUT2D eigenvalue weighted by atomic mass is 16.5. The fourth-order valence-electron chi connectivity index (χ4n) is 3.83. The van der Waals surface area contributed by atoms with Gasteiger partial charge in [-0.25, -0.2) is 0 Å². The van der Waals surface area contributed by atoms with Crippen molar-refractivity contribution in [2.75, 3.05) is 19.8 Å². The first kappa shape index (κ1) is 14.5. The Morgan fingerprint density at radius 3 is 2.86 bits per heavy atom. The Morgan fingerprint density at radius 1 is 1.18 bits per heavy atom. The van der Waals surface area contributed by atoms with E-state index in [0.717, 1.165) is 51.5 Å². The number of aromatic nitrogens is 1. The number of hydrogen-bond acceptors (Lipinski definition) is 3. The van der Waals surface area contributed by atoms with Crippen molar-refractivity contribution in [2.45, 2.75) is 51.1 Å². The van der Waals surface area contributed by atoms with Gasteiger partial charge in [-0.05, 0) is 55.9 Å². The van der Waals surface area contributed by atoms with Crippen LogP contribution >= 0.6 is 0 Å². The molecule has 3 aliphatic rings. The van der Waals surface area contributed by atoms with Crippen LogP contribution in [0.15, 0.2) is 16.9 Å². The van der Waals surface area contributed by atoms with Crippen molar-refractivity contribution < 1.29 is 4.74 Å². The number of rotatable bonds is 5. The summed E-state index contributed by atoms with van der Waals surface area (Å²) in [4.78, 5) is 12.2. The largest absolute Gasteiger partial charge is 0.381 e. The number of hydrogen-bond donors (Lipinski definition) is 1. The van der Waals surface area contributed by atoms with Gasteiger partial charge < -0.3 is 14.6 Å². The summed E-state index contributed by atoms with van der Waals surface area (Å²) in [6.45, 7) is 3.85. The van der Waals surface area contributed by atoms with Crippen molar-refractivity contribution >= 4 is 0 Å². The van der Waals surface area contributed by atoms with Gasteiger partial charge in [-0.2, -0.15) is 0 Å². The summed E-state index contributed by atoms with van der Waals surface area (Å²) in [5.74, 6) is 1.44. The Balaban J connectivity index is 1.43. The lowest BCUT2D eigenvalue weighted by atomic mass is 9.91. The van der Waals surface area contributed by atoms with E-state index in [-0.39, 0.29) is 5.56 Å². The molecule has 4 rings (SSSR count). The maximum atomic E-state index is 12.2. The molecule has 0 spiro atoms. The van der Waals surface area contributed by atoms with E-state index in [0.29, 0.717) is 12.0 Å². The minimum Gasteiger partial charge on any atom is -0.381 e. The molecule has 22 heavy (non-hydrogen) atoms. The topological polar surface area (TPSA) is 43.3 Å². The summed E-state index contributed by atoms with van der Waals surface area (Å²) in [5.41, 5.74) is 2.88. The quantitative estimate of drug-likeness (QED) is 0.901. The van der Waals surface area contributed by atoms with Gasteiger partial charge in [0.25, 0.3) is 5.56 Å². The molecule has 0 radical (unpaired) electrons. The normalized spacial score (nSPS) is 27.8. The Bertz CT molecular complexity index is 585. The molecule has 0 bridgehead atoms. The average molecular weight is 302 g/mol. The predicted molar refractivity (Wildman–Crippen MR) is 86.2 cm³/mol. The van der Waals surface area contributed by atoms with E-state index in [2.05, 4.69) is 16.0 Å². The Hall–Kier alpha value is -1.13. The van der Waals surface area contributed by atoms with Crippen LogP contribution in [0.1, 0.15) is 36.9 Å². The molecule has 1 aromatic rings. The van der Waals surface area contributed by atoms with Crippen LogP contribution < -0.4 is 10.9 Å². The minimum atomic E-state index is 0.195. The number of fused-ring (bicyclic) bond motifs is 1. The molecule has 1 saturated heterocycles. The summed E-state index contributed by atoms with van der Waals surface area (Å²) < 4.78 is 7.51. The first-order valence-corrected chi connectivity index (χ1v) is 8.82. The lowest BCUT2D eigenvalue weighted by molar-refractivity contribution is 0.184. The zero-order valence-electron chi connectivity index (χ0n) is 13.2. The fourth-order valence-corrected chi connectivity index (χ4v) is 3.83. The number of ether oxygens (including phenoxy) is 1. The fraction of sp³-hybridized carbons (Fsp3) is 0.722. The van der Waals surface area contributed by atoms with E-state index in [4.69, 9.17) is 4.74 Å². The summed E-state index contributed by atoms with van der Waals surface area (Å²) >= 11 is 0. The molecule has 2 heterocycles. The van der Waals surface area contributed by atoms with Crippen molar-refractivity contribution in [3.05, 3.63) is 33.7 Å². The molecule has 4 heteroatoms. The second kappa shape index (κ2) is 6.17. The van der Waals surface area contributed by atoms with Crippen LogP contribution in [0.5, 0.6) is 0 Å². The van der Waals surface area contributed by atoms with Crippen molar-refractivity contribution in [1.29, 1.82) is 0 Å². The predicted octanol–water partition coefficient (Wildman–Crippen LogP) is 1.74. The van der Waals surface area contributed by atoms with E-state index < -0.39 is 0 Å². The van der Waals surface area contributed by atoms with Gasteiger partial charge >= 0.3 is 0 Å². The van der Waals surface area contributed by atoms with Crippen molar-refractivity contribution in [3.8, 4) is 0 Å². The van der Waals surface area contributed by atoms with Crippen LogP contribution in [-0.2, 0) is 24.1 Å². The molecule has 1 N–H and O–H groups in total. The lowest BCUT2D eigenvalue weighted by Crippen LogP contribution is -2.39. The van der Waals surface area contributed by atoms with Gasteiger partial charge in [0, 0.05) is 37.5 Å². The molecule has 120 valence electrons. The second-order valence-corrected chi connectivity index (χ2v) is 7.28. The van der Waals surface area contributed by atoms with Gasteiger partial charge in [0.05, 0.1) is 6.61 Å². The molecule has 2 atom stereocenters. The monoisotopic (exact) mass is 302 g/mol. The first-order chi connectivity index (χ1) is 10.8. The number of nitrogens with one attached hydrogen (secondary N) is 1. The van der Waals surface area contributed by atoms with Crippen molar-refractivity contribution in [3.63, 3.8) is 0 Å². The Kier molecular flexibility index (Phi) is 4.05. The van der Waals surface area contributed by atoms with Crippen LogP contribution in [0.2, 0.25) is 0 Å². The number of pyridine rings is 1. The van der Waals surface area contributed by atoms with Crippen molar-refractivity contribution in [1.82, 2.24) is 9.88 Å². The van der Waals surface area contributed by atoms with E-state index in [1.54, 1.807) is 6.07 Å². The van der Waals surface area contributed by atoms with Gasteiger partial charge in [-0.15, -0.1) is 0 Å². The molecule has 2 aliphatic carbocycles. The summed E-state index contributed by atoms with van der Waals surface area (Å²) in [7, 11) is 0. The maximum absolute atomic E-state index is 12.2. The highest BCUT2D eigenvalue weighted by molar-refractivity contribution is 5.25. The molecule has 1 aromatic heterocycles. The van der Waals surface area contributed by atoms with Crippen LogP contribution in [0.4, 0.5) is 0 Å². The van der Waals surface area contributed by atoms with Gasteiger partial charge in [-0.1, -0.05) is 6.07 Å². The highest BCUT2D eigenvalue weighted by Crippen LogP contribution is 2.31. The standard InChI is InChI=1S/C18H26N2O2/c21-18-6-3-15-9-16(19-10-14-7-8-22-12-14)4-5-17(15)20(18)11-13-1-2-13/h3,6,13-14,16,19H,1-2,4-5,7-12H2/t14-,16+/m1/s1. The van der Waals surface area contributed by atoms with E-state index in [9.17, 15) is 4.79 Å². The van der Waals surface area contributed by atoms with Crippen molar-refractivity contribution in [2.24, 2.45) is 11.8 Å². The molecule has 0 aromatic carbocycles. The third kappa shape index (κ3) is 3.13. The van der Waals surface area contributed by atoms with Crippen LogP contribution in [0.3, 0.4) is 0 Å². The third-order valence-electron chi connectivity index (χ3n) is 5.44.